The fourth-order valence-electron chi connectivity index (χ4n) is 2.85. The third-order valence-corrected chi connectivity index (χ3v) is 5.72. The Balaban J connectivity index is 2.18. The molecule has 1 saturated heterocycles. The molecule has 2 rings (SSSR count). The fourth-order valence-corrected chi connectivity index (χ4v) is 3.90. The second-order valence-electron chi connectivity index (χ2n) is 6.18. The van der Waals surface area contributed by atoms with Gasteiger partial charge in [-0.15, -0.1) is 6.58 Å². The average Bonchev–Trinajstić information content (AvgIpc) is 2.59. The highest BCUT2D eigenvalue weighted by molar-refractivity contribution is 7.89. The second-order valence-corrected chi connectivity index (χ2v) is 7.95. The second kappa shape index (κ2) is 7.92. The molecule has 0 bridgehead atoms. The Kier molecular flexibility index (Phi) is 6.15. The lowest BCUT2D eigenvalue weighted by Gasteiger charge is -2.34. The summed E-state index contributed by atoms with van der Waals surface area (Å²) in [4.78, 5) is 14.6. The van der Waals surface area contributed by atoms with E-state index in [4.69, 9.17) is 5.73 Å². The van der Waals surface area contributed by atoms with Gasteiger partial charge in [-0.3, -0.25) is 4.79 Å². The Morgan fingerprint density at radius 3 is 2.96 bits per heavy atom. The van der Waals surface area contributed by atoms with E-state index in [1.807, 2.05) is 6.92 Å². The zero-order valence-corrected chi connectivity index (χ0v) is 14.8. The zero-order chi connectivity index (χ0) is 17.7. The van der Waals surface area contributed by atoms with Crippen molar-refractivity contribution in [1.82, 2.24) is 9.62 Å². The van der Waals surface area contributed by atoms with Crippen molar-refractivity contribution in [2.45, 2.75) is 30.7 Å². The quantitative estimate of drug-likeness (QED) is 0.757. The summed E-state index contributed by atoms with van der Waals surface area (Å²) in [6.45, 7) is 6.87. The molecule has 0 aromatic heterocycles. The topological polar surface area (TPSA) is 92.5 Å². The van der Waals surface area contributed by atoms with Crippen LogP contribution in [-0.2, 0) is 10.0 Å². The van der Waals surface area contributed by atoms with E-state index in [0.29, 0.717) is 18.7 Å². The Morgan fingerprint density at radius 1 is 1.54 bits per heavy atom. The maximum Gasteiger partial charge on any atom is 0.253 e. The molecular weight excluding hydrogens is 326 g/mol. The first-order valence-electron chi connectivity index (χ1n) is 8.10. The van der Waals surface area contributed by atoms with Crippen LogP contribution in [0, 0.1) is 5.92 Å². The van der Waals surface area contributed by atoms with Crippen LogP contribution in [0.25, 0.3) is 0 Å². The molecule has 0 radical (unpaired) electrons. The molecule has 1 aliphatic heterocycles. The lowest BCUT2D eigenvalue weighted by atomic mass is 9.92. The minimum Gasteiger partial charge on any atom is -0.338 e. The van der Waals surface area contributed by atoms with E-state index in [-0.39, 0.29) is 29.3 Å². The van der Waals surface area contributed by atoms with Gasteiger partial charge in [0.15, 0.2) is 0 Å². The number of carbonyl (C=O) groups excluding carboxylic acids is 1. The molecule has 6 nitrogen and oxygen atoms in total. The van der Waals surface area contributed by atoms with Crippen LogP contribution in [0.3, 0.4) is 0 Å². The molecule has 3 N–H and O–H groups in total. The highest BCUT2D eigenvalue weighted by Crippen LogP contribution is 2.21. The van der Waals surface area contributed by atoms with Crippen LogP contribution in [0.4, 0.5) is 0 Å². The van der Waals surface area contributed by atoms with Crippen LogP contribution >= 0.6 is 0 Å². The van der Waals surface area contributed by atoms with Crippen molar-refractivity contribution in [3.05, 3.63) is 42.5 Å². The predicted octanol–water partition coefficient (Wildman–Crippen LogP) is 1.35. The molecular formula is C17H25N3O3S. The predicted molar refractivity (Wildman–Crippen MR) is 94.1 cm³/mol. The summed E-state index contributed by atoms with van der Waals surface area (Å²) in [6, 6.07) is 6.16. The number of sulfonamides is 1. The van der Waals surface area contributed by atoms with Gasteiger partial charge in [0.25, 0.3) is 5.91 Å². The molecule has 132 valence electrons. The number of benzene rings is 1. The minimum absolute atomic E-state index is 0.0374. The Morgan fingerprint density at radius 2 is 2.29 bits per heavy atom. The van der Waals surface area contributed by atoms with Crippen molar-refractivity contribution < 1.29 is 13.2 Å². The van der Waals surface area contributed by atoms with Gasteiger partial charge in [-0.1, -0.05) is 12.1 Å². The first-order chi connectivity index (χ1) is 11.3. The van der Waals surface area contributed by atoms with E-state index in [0.717, 1.165) is 12.8 Å². The van der Waals surface area contributed by atoms with Crippen molar-refractivity contribution in [3.63, 3.8) is 0 Å². The number of likely N-dealkylation sites (tertiary alicyclic amines) is 1. The third kappa shape index (κ3) is 4.43. The SMILES string of the molecule is C=CCNS(=O)(=O)c1cccc(C(=O)N2CCCC(C(C)N)C2)c1. The molecule has 0 aliphatic carbocycles. The van der Waals surface area contributed by atoms with Crippen LogP contribution in [0.2, 0.25) is 0 Å². The molecule has 1 aromatic carbocycles. The van der Waals surface area contributed by atoms with Crippen molar-refractivity contribution in [1.29, 1.82) is 0 Å². The highest BCUT2D eigenvalue weighted by Gasteiger charge is 2.27. The van der Waals surface area contributed by atoms with Gasteiger partial charge in [0.05, 0.1) is 4.90 Å². The summed E-state index contributed by atoms with van der Waals surface area (Å²) in [5, 5.41) is 0. The molecule has 1 aromatic rings. The summed E-state index contributed by atoms with van der Waals surface area (Å²) in [5.41, 5.74) is 6.34. The van der Waals surface area contributed by atoms with Gasteiger partial charge in [-0.2, -0.15) is 0 Å². The first kappa shape index (κ1) is 18.6. The van der Waals surface area contributed by atoms with Gasteiger partial charge in [0.2, 0.25) is 10.0 Å². The van der Waals surface area contributed by atoms with E-state index in [1.54, 1.807) is 17.0 Å². The van der Waals surface area contributed by atoms with Crippen LogP contribution < -0.4 is 10.5 Å². The van der Waals surface area contributed by atoms with Crippen LogP contribution in [-0.4, -0.2) is 44.9 Å². The maximum atomic E-state index is 12.7. The zero-order valence-electron chi connectivity index (χ0n) is 13.9. The lowest BCUT2D eigenvalue weighted by molar-refractivity contribution is 0.0660. The molecule has 0 saturated carbocycles. The minimum atomic E-state index is -3.65. The van der Waals surface area contributed by atoms with Crippen molar-refractivity contribution in [2.24, 2.45) is 11.7 Å². The molecule has 24 heavy (non-hydrogen) atoms. The number of hydrogen-bond donors (Lipinski definition) is 2. The smallest absolute Gasteiger partial charge is 0.253 e. The number of nitrogens with zero attached hydrogens (tertiary/aromatic N) is 1. The Bertz CT molecular complexity index is 701. The number of nitrogens with two attached hydrogens (primary N) is 1. The molecule has 0 spiro atoms. The van der Waals surface area contributed by atoms with Crippen molar-refractivity contribution in [2.75, 3.05) is 19.6 Å². The lowest BCUT2D eigenvalue weighted by Crippen LogP contribution is -2.45. The van der Waals surface area contributed by atoms with Crippen LogP contribution in [0.15, 0.2) is 41.8 Å². The van der Waals surface area contributed by atoms with Gasteiger partial charge in [0, 0.05) is 31.2 Å². The van der Waals surface area contributed by atoms with E-state index in [9.17, 15) is 13.2 Å². The number of carbonyl (C=O) groups is 1. The standard InChI is InChI=1S/C17H25N3O3S/c1-3-9-19-24(22,23)16-8-4-6-14(11-16)17(21)20-10-5-7-15(12-20)13(2)18/h3-4,6,8,11,13,15,19H,1,5,7,9-10,12,18H2,2H3. The van der Waals surface area contributed by atoms with E-state index < -0.39 is 10.0 Å². The number of amides is 1. The van der Waals surface area contributed by atoms with Gasteiger partial charge in [-0.25, -0.2) is 13.1 Å². The number of rotatable bonds is 6. The summed E-state index contributed by atoms with van der Waals surface area (Å²) >= 11 is 0. The van der Waals surface area contributed by atoms with Gasteiger partial charge in [-0.05, 0) is 43.9 Å². The van der Waals surface area contributed by atoms with Crippen LogP contribution in [0.5, 0.6) is 0 Å². The molecule has 2 unspecified atom stereocenters. The molecule has 7 heteroatoms. The van der Waals surface area contributed by atoms with Crippen molar-refractivity contribution in [3.8, 4) is 0 Å². The third-order valence-electron chi connectivity index (χ3n) is 4.30. The Labute approximate surface area is 143 Å². The number of piperidine rings is 1. The maximum absolute atomic E-state index is 12.7. The molecule has 2 atom stereocenters. The van der Waals surface area contributed by atoms with Gasteiger partial charge in [0.1, 0.15) is 0 Å². The van der Waals surface area contributed by atoms with Crippen molar-refractivity contribution >= 4 is 15.9 Å². The summed E-state index contributed by atoms with van der Waals surface area (Å²) in [5.74, 6) is 0.130. The van der Waals surface area contributed by atoms with Crippen LogP contribution in [0.1, 0.15) is 30.1 Å². The number of nitrogens with one attached hydrogen (secondary N) is 1. The summed E-state index contributed by atoms with van der Waals surface area (Å²) in [6.07, 6.45) is 3.40. The molecule has 1 aliphatic rings. The number of hydrogen-bond acceptors (Lipinski definition) is 4. The van der Waals surface area contributed by atoms with Gasteiger partial charge >= 0.3 is 0 Å². The highest BCUT2D eigenvalue weighted by atomic mass is 32.2. The van der Waals surface area contributed by atoms with E-state index in [1.165, 1.54) is 18.2 Å². The molecule has 1 heterocycles. The molecule has 1 amide bonds. The molecule has 1 fully saturated rings. The summed E-state index contributed by atoms with van der Waals surface area (Å²) in [7, 11) is -3.65. The normalized spacial score (nSPS) is 19.8. The Hall–Kier alpha value is -1.70. The monoisotopic (exact) mass is 351 g/mol. The average molecular weight is 351 g/mol. The van der Waals surface area contributed by atoms with Gasteiger partial charge < -0.3 is 10.6 Å². The first-order valence-corrected chi connectivity index (χ1v) is 9.59. The largest absolute Gasteiger partial charge is 0.338 e. The summed E-state index contributed by atoms with van der Waals surface area (Å²) < 4.78 is 26.8. The fraction of sp³-hybridized carbons (Fsp3) is 0.471. The van der Waals surface area contributed by atoms with E-state index in [2.05, 4.69) is 11.3 Å². The van der Waals surface area contributed by atoms with E-state index >= 15 is 0 Å².